The molecule has 1 atom stereocenters. The van der Waals surface area contributed by atoms with Crippen LogP contribution >= 0.6 is 0 Å². The van der Waals surface area contributed by atoms with Crippen LogP contribution < -0.4 is 10.6 Å². The van der Waals surface area contributed by atoms with Crippen molar-refractivity contribution in [3.63, 3.8) is 0 Å². The van der Waals surface area contributed by atoms with E-state index in [2.05, 4.69) is 48.2 Å². The van der Waals surface area contributed by atoms with Crippen LogP contribution in [0.4, 0.5) is 5.69 Å². The molecule has 0 spiro atoms. The smallest absolute Gasteiger partial charge is 0.0460 e. The maximum absolute atomic E-state index is 5.93. The first-order valence-electron chi connectivity index (χ1n) is 5.84. The summed E-state index contributed by atoms with van der Waals surface area (Å²) in [6.07, 6.45) is 5.35. The van der Waals surface area contributed by atoms with Gasteiger partial charge >= 0.3 is 0 Å². The van der Waals surface area contributed by atoms with Crippen LogP contribution in [0, 0.1) is 0 Å². The maximum Gasteiger partial charge on any atom is 0.0460 e. The molecule has 0 fully saturated rings. The Morgan fingerprint density at radius 2 is 2.19 bits per heavy atom. The summed E-state index contributed by atoms with van der Waals surface area (Å²) >= 11 is 0. The van der Waals surface area contributed by atoms with Gasteiger partial charge in [-0.3, -0.25) is 0 Å². The second-order valence-corrected chi connectivity index (χ2v) is 4.36. The molecule has 1 unspecified atom stereocenters. The molecule has 2 nitrogen and oxygen atoms in total. The first-order chi connectivity index (χ1) is 7.81. The van der Waals surface area contributed by atoms with Gasteiger partial charge in [-0.2, -0.15) is 0 Å². The van der Waals surface area contributed by atoms with Crippen molar-refractivity contribution in [1.82, 2.24) is 0 Å². The number of nitrogens with two attached hydrogens (primary N) is 1. The van der Waals surface area contributed by atoms with Crippen molar-refractivity contribution in [2.24, 2.45) is 5.73 Å². The van der Waals surface area contributed by atoms with Crippen molar-refractivity contribution in [2.75, 3.05) is 11.4 Å². The molecule has 1 aromatic carbocycles. The summed E-state index contributed by atoms with van der Waals surface area (Å²) in [7, 11) is 0. The average Bonchev–Trinajstić information content (AvgIpc) is 2.62. The Kier molecular flexibility index (Phi) is 2.03. The van der Waals surface area contributed by atoms with Gasteiger partial charge in [0.1, 0.15) is 0 Å². The Hall–Kier alpha value is -1.70. The predicted molar refractivity (Wildman–Crippen MR) is 67.2 cm³/mol. The van der Waals surface area contributed by atoms with Gasteiger partial charge in [0.05, 0.1) is 0 Å². The minimum Gasteiger partial charge on any atom is -0.402 e. The van der Waals surface area contributed by atoms with Gasteiger partial charge in [-0.1, -0.05) is 30.4 Å². The lowest BCUT2D eigenvalue weighted by Crippen LogP contribution is -2.20. The Balaban J connectivity index is 2.16. The first kappa shape index (κ1) is 9.52. The number of fused-ring (bicyclic) bond motifs is 3. The van der Waals surface area contributed by atoms with E-state index >= 15 is 0 Å². The fourth-order valence-electron chi connectivity index (χ4n) is 2.73. The molecule has 0 aromatic heterocycles. The van der Waals surface area contributed by atoms with Gasteiger partial charge in [-0.15, -0.1) is 0 Å². The second kappa shape index (κ2) is 3.41. The first-order valence-corrected chi connectivity index (χ1v) is 5.84. The number of anilines is 1. The molecule has 1 aliphatic heterocycles. The number of rotatable bonds is 1. The Morgan fingerprint density at radius 3 is 3.00 bits per heavy atom. The molecular formula is C14H16N2. The number of hydrogen-bond donors (Lipinski definition) is 1. The van der Waals surface area contributed by atoms with Gasteiger partial charge in [-0.05, 0) is 18.6 Å². The van der Waals surface area contributed by atoms with Crippen LogP contribution in [0.25, 0.3) is 0 Å². The lowest BCUT2D eigenvalue weighted by molar-refractivity contribution is 0.875. The Labute approximate surface area is 96.1 Å². The molecule has 2 N–H and O–H groups in total. The molecule has 1 aliphatic carbocycles. The number of benzene rings is 1. The fourth-order valence-corrected chi connectivity index (χ4v) is 2.73. The van der Waals surface area contributed by atoms with E-state index in [9.17, 15) is 0 Å². The van der Waals surface area contributed by atoms with E-state index in [4.69, 9.17) is 5.73 Å². The van der Waals surface area contributed by atoms with Crippen LogP contribution in [0.2, 0.25) is 0 Å². The Morgan fingerprint density at radius 1 is 1.38 bits per heavy atom. The lowest BCUT2D eigenvalue weighted by atomic mass is 9.93. The molecule has 82 valence electrons. The minimum absolute atomic E-state index is 0.380. The maximum atomic E-state index is 5.93. The Bertz CT molecular complexity index is 485. The molecule has 0 radical (unpaired) electrons. The second-order valence-electron chi connectivity index (χ2n) is 4.36. The van der Waals surface area contributed by atoms with Crippen molar-refractivity contribution >= 4 is 5.69 Å². The zero-order chi connectivity index (χ0) is 11.1. The van der Waals surface area contributed by atoms with E-state index in [1.165, 1.54) is 16.9 Å². The highest BCUT2D eigenvalue weighted by Crippen LogP contribution is 2.45. The van der Waals surface area contributed by atoms with E-state index in [0.29, 0.717) is 5.92 Å². The van der Waals surface area contributed by atoms with E-state index in [1.54, 1.807) is 0 Å². The van der Waals surface area contributed by atoms with Gasteiger partial charge in [-0.25, -0.2) is 0 Å². The third-order valence-corrected chi connectivity index (χ3v) is 3.44. The number of likely N-dealkylation sites (N-methyl/N-ethyl adjacent to an activating group) is 1. The highest BCUT2D eigenvalue weighted by Gasteiger charge is 2.32. The third kappa shape index (κ3) is 1.19. The molecule has 3 rings (SSSR count). The number of nitrogens with zero attached hydrogens (tertiary/aromatic N) is 1. The zero-order valence-corrected chi connectivity index (χ0v) is 9.48. The van der Waals surface area contributed by atoms with Crippen LogP contribution in [0.5, 0.6) is 0 Å². The molecule has 2 aliphatic rings. The average molecular weight is 212 g/mol. The summed E-state index contributed by atoms with van der Waals surface area (Å²) in [6, 6.07) is 8.61. The van der Waals surface area contributed by atoms with Gasteiger partial charge < -0.3 is 10.6 Å². The summed E-state index contributed by atoms with van der Waals surface area (Å²) in [4.78, 5) is 2.39. The normalized spacial score (nSPS) is 22.3. The quantitative estimate of drug-likeness (QED) is 0.775. The van der Waals surface area contributed by atoms with Crippen molar-refractivity contribution in [3.8, 4) is 0 Å². The largest absolute Gasteiger partial charge is 0.402 e. The molecule has 0 bridgehead atoms. The van der Waals surface area contributed by atoms with E-state index in [-0.39, 0.29) is 0 Å². The summed E-state index contributed by atoms with van der Waals surface area (Å²) in [5.74, 6) is 0.380. The van der Waals surface area contributed by atoms with Crippen molar-refractivity contribution < 1.29 is 0 Å². The van der Waals surface area contributed by atoms with Crippen LogP contribution in [0.3, 0.4) is 0 Å². The standard InChI is InChI=1S/C14H16N2/c1-2-16-13-6-4-3-5-11(13)12-9-10(15)7-8-14(12)16/h3-6,8-9,12H,2,7,15H2,1H3. The van der Waals surface area contributed by atoms with Crippen LogP contribution in [0.15, 0.2) is 47.8 Å². The van der Waals surface area contributed by atoms with Gasteiger partial charge in [0.15, 0.2) is 0 Å². The molecule has 0 saturated heterocycles. The third-order valence-electron chi connectivity index (χ3n) is 3.44. The zero-order valence-electron chi connectivity index (χ0n) is 9.48. The predicted octanol–water partition coefficient (Wildman–Crippen LogP) is 2.74. The number of hydrogen-bond acceptors (Lipinski definition) is 2. The van der Waals surface area contributed by atoms with E-state index < -0.39 is 0 Å². The van der Waals surface area contributed by atoms with Gasteiger partial charge in [0.25, 0.3) is 0 Å². The van der Waals surface area contributed by atoms with Crippen LogP contribution in [-0.2, 0) is 0 Å². The van der Waals surface area contributed by atoms with E-state index in [1.807, 2.05) is 0 Å². The van der Waals surface area contributed by atoms with Gasteiger partial charge in [0.2, 0.25) is 0 Å². The monoisotopic (exact) mass is 212 g/mol. The van der Waals surface area contributed by atoms with Crippen LogP contribution in [-0.4, -0.2) is 6.54 Å². The highest BCUT2D eigenvalue weighted by molar-refractivity contribution is 5.70. The molecule has 0 amide bonds. The van der Waals surface area contributed by atoms with Crippen molar-refractivity contribution in [2.45, 2.75) is 19.3 Å². The lowest BCUT2D eigenvalue weighted by Gasteiger charge is -2.23. The fraction of sp³-hybridized carbons (Fsp3) is 0.286. The SMILES string of the molecule is CCN1C2=CCC(N)=CC2c2ccccc21. The molecule has 0 saturated carbocycles. The summed E-state index contributed by atoms with van der Waals surface area (Å²) < 4.78 is 0. The summed E-state index contributed by atoms with van der Waals surface area (Å²) in [6.45, 7) is 3.22. The highest BCUT2D eigenvalue weighted by atomic mass is 15.2. The topological polar surface area (TPSA) is 29.3 Å². The summed E-state index contributed by atoms with van der Waals surface area (Å²) in [5.41, 5.74) is 11.0. The van der Waals surface area contributed by atoms with E-state index in [0.717, 1.165) is 18.7 Å². The molecule has 2 heteroatoms. The molecule has 16 heavy (non-hydrogen) atoms. The number of allylic oxidation sites excluding steroid dienone is 2. The number of para-hydroxylation sites is 1. The van der Waals surface area contributed by atoms with Gasteiger partial charge in [0, 0.05) is 36.0 Å². The summed E-state index contributed by atoms with van der Waals surface area (Å²) in [5, 5.41) is 0. The van der Waals surface area contributed by atoms with Crippen molar-refractivity contribution in [3.05, 3.63) is 53.4 Å². The minimum atomic E-state index is 0.380. The molecule has 1 aromatic rings. The van der Waals surface area contributed by atoms with Crippen LogP contribution in [0.1, 0.15) is 24.8 Å². The van der Waals surface area contributed by atoms with Crippen molar-refractivity contribution in [1.29, 1.82) is 0 Å². The molecule has 1 heterocycles. The molecular weight excluding hydrogens is 196 g/mol.